The minimum absolute atomic E-state index is 0.484. The molecule has 2 rings (SSSR count). The second-order valence-electron chi connectivity index (χ2n) is 5.18. The molecule has 1 aromatic heterocycles. The molecular weight excluding hydrogens is 196 g/mol. The zero-order valence-corrected chi connectivity index (χ0v) is 10.5. The quantitative estimate of drug-likeness (QED) is 0.843. The van der Waals surface area contributed by atoms with Gasteiger partial charge in [-0.15, -0.1) is 0 Å². The molecule has 16 heavy (non-hydrogen) atoms. The molecule has 0 saturated heterocycles. The van der Waals surface area contributed by atoms with E-state index in [0.29, 0.717) is 6.04 Å². The molecule has 0 spiro atoms. The highest BCUT2D eigenvalue weighted by atomic mass is 14.9. The monoisotopic (exact) mass is 218 g/mol. The van der Waals surface area contributed by atoms with Crippen molar-refractivity contribution < 1.29 is 0 Å². The number of nitrogens with zero attached hydrogens (tertiary/aromatic N) is 1. The summed E-state index contributed by atoms with van der Waals surface area (Å²) in [5.41, 5.74) is 2.44. The minimum atomic E-state index is 0.484. The lowest BCUT2D eigenvalue weighted by Crippen LogP contribution is -2.24. The van der Waals surface area contributed by atoms with Crippen molar-refractivity contribution in [2.45, 2.75) is 39.2 Å². The summed E-state index contributed by atoms with van der Waals surface area (Å²) in [7, 11) is 2.06. The average Bonchev–Trinajstić information content (AvgIpc) is 2.69. The predicted octanol–water partition coefficient (Wildman–Crippen LogP) is 3.09. The zero-order valence-electron chi connectivity index (χ0n) is 10.5. The van der Waals surface area contributed by atoms with Crippen LogP contribution in [0.2, 0.25) is 0 Å². The fourth-order valence-electron chi connectivity index (χ4n) is 2.89. The van der Waals surface area contributed by atoms with Crippen LogP contribution in [-0.4, -0.2) is 12.0 Å². The van der Waals surface area contributed by atoms with Gasteiger partial charge < -0.3 is 5.32 Å². The molecule has 1 N–H and O–H groups in total. The SMILES string of the molecule is CNC(c1ccc(C)nc1)C1CCC(C)C1. The van der Waals surface area contributed by atoms with Crippen molar-refractivity contribution in [2.24, 2.45) is 11.8 Å². The molecule has 3 unspecified atom stereocenters. The first-order valence-electron chi connectivity index (χ1n) is 6.30. The van der Waals surface area contributed by atoms with E-state index in [1.165, 1.54) is 24.8 Å². The third-order valence-corrected chi connectivity index (χ3v) is 3.81. The number of rotatable bonds is 3. The Balaban J connectivity index is 2.13. The third kappa shape index (κ3) is 2.43. The van der Waals surface area contributed by atoms with E-state index >= 15 is 0 Å². The maximum absolute atomic E-state index is 4.40. The second kappa shape index (κ2) is 4.96. The van der Waals surface area contributed by atoms with Crippen molar-refractivity contribution in [3.8, 4) is 0 Å². The van der Waals surface area contributed by atoms with Gasteiger partial charge in [0.25, 0.3) is 0 Å². The van der Waals surface area contributed by atoms with Crippen LogP contribution in [0.25, 0.3) is 0 Å². The number of aromatic nitrogens is 1. The molecule has 1 heterocycles. The van der Waals surface area contributed by atoms with Gasteiger partial charge in [0, 0.05) is 17.9 Å². The van der Waals surface area contributed by atoms with Crippen LogP contribution < -0.4 is 5.32 Å². The molecule has 0 aliphatic heterocycles. The van der Waals surface area contributed by atoms with E-state index in [1.54, 1.807) is 0 Å². The van der Waals surface area contributed by atoms with Crippen molar-refractivity contribution in [2.75, 3.05) is 7.05 Å². The van der Waals surface area contributed by atoms with Gasteiger partial charge in [-0.1, -0.05) is 19.4 Å². The highest BCUT2D eigenvalue weighted by Crippen LogP contribution is 2.38. The molecule has 1 saturated carbocycles. The third-order valence-electron chi connectivity index (χ3n) is 3.81. The van der Waals surface area contributed by atoms with Crippen LogP contribution >= 0.6 is 0 Å². The summed E-state index contributed by atoms with van der Waals surface area (Å²) in [5, 5.41) is 3.46. The number of hydrogen-bond acceptors (Lipinski definition) is 2. The fraction of sp³-hybridized carbons (Fsp3) is 0.643. The Morgan fingerprint density at radius 3 is 2.69 bits per heavy atom. The number of nitrogens with one attached hydrogen (secondary N) is 1. The van der Waals surface area contributed by atoms with E-state index in [-0.39, 0.29) is 0 Å². The second-order valence-corrected chi connectivity index (χ2v) is 5.18. The van der Waals surface area contributed by atoms with E-state index in [2.05, 4.69) is 36.4 Å². The van der Waals surface area contributed by atoms with E-state index in [0.717, 1.165) is 17.5 Å². The van der Waals surface area contributed by atoms with Gasteiger partial charge in [0.05, 0.1) is 0 Å². The summed E-state index contributed by atoms with van der Waals surface area (Å²) < 4.78 is 0. The summed E-state index contributed by atoms with van der Waals surface area (Å²) >= 11 is 0. The predicted molar refractivity (Wildman–Crippen MR) is 67.3 cm³/mol. The van der Waals surface area contributed by atoms with Gasteiger partial charge in [0.15, 0.2) is 0 Å². The van der Waals surface area contributed by atoms with Crippen molar-refractivity contribution in [1.29, 1.82) is 0 Å². The topological polar surface area (TPSA) is 24.9 Å². The van der Waals surface area contributed by atoms with E-state index < -0.39 is 0 Å². The van der Waals surface area contributed by atoms with E-state index in [4.69, 9.17) is 0 Å². The van der Waals surface area contributed by atoms with Crippen molar-refractivity contribution in [3.05, 3.63) is 29.6 Å². The fourth-order valence-corrected chi connectivity index (χ4v) is 2.89. The largest absolute Gasteiger partial charge is 0.313 e. The van der Waals surface area contributed by atoms with E-state index in [1.807, 2.05) is 13.1 Å². The Hall–Kier alpha value is -0.890. The highest BCUT2D eigenvalue weighted by molar-refractivity contribution is 5.18. The molecule has 1 aliphatic carbocycles. The van der Waals surface area contributed by atoms with Crippen LogP contribution in [0.1, 0.15) is 43.5 Å². The molecule has 88 valence electrons. The standard InChI is InChI=1S/C14H22N2/c1-10-4-6-12(8-10)14(15-3)13-7-5-11(2)16-9-13/h5,7,9-10,12,14-15H,4,6,8H2,1-3H3. The van der Waals surface area contributed by atoms with Gasteiger partial charge in [0.2, 0.25) is 0 Å². The Morgan fingerprint density at radius 2 is 2.19 bits per heavy atom. The molecule has 0 bridgehead atoms. The van der Waals surface area contributed by atoms with Crippen LogP contribution in [0, 0.1) is 18.8 Å². The van der Waals surface area contributed by atoms with Crippen LogP contribution in [0.15, 0.2) is 18.3 Å². The van der Waals surface area contributed by atoms with Gasteiger partial charge in [-0.2, -0.15) is 0 Å². The summed E-state index contributed by atoms with van der Waals surface area (Å²) in [5.74, 6) is 1.67. The van der Waals surface area contributed by atoms with Gasteiger partial charge in [0.1, 0.15) is 0 Å². The zero-order chi connectivity index (χ0) is 11.5. The molecule has 0 amide bonds. The summed E-state index contributed by atoms with van der Waals surface area (Å²) in [6.45, 7) is 4.40. The molecule has 0 aromatic carbocycles. The lowest BCUT2D eigenvalue weighted by molar-refractivity contribution is 0.378. The minimum Gasteiger partial charge on any atom is -0.313 e. The Labute approximate surface area is 98.5 Å². The molecule has 1 aliphatic rings. The van der Waals surface area contributed by atoms with Gasteiger partial charge in [-0.3, -0.25) is 4.98 Å². The number of aryl methyl sites for hydroxylation is 1. The maximum Gasteiger partial charge on any atom is 0.0372 e. The molecule has 1 fully saturated rings. The Bertz CT molecular complexity index is 331. The smallest absolute Gasteiger partial charge is 0.0372 e. The maximum atomic E-state index is 4.40. The summed E-state index contributed by atoms with van der Waals surface area (Å²) in [6, 6.07) is 4.81. The average molecular weight is 218 g/mol. The number of pyridine rings is 1. The Morgan fingerprint density at radius 1 is 1.38 bits per heavy atom. The summed E-state index contributed by atoms with van der Waals surface area (Å²) in [6.07, 6.45) is 6.10. The van der Waals surface area contributed by atoms with Crippen molar-refractivity contribution in [3.63, 3.8) is 0 Å². The normalized spacial score (nSPS) is 26.9. The van der Waals surface area contributed by atoms with Gasteiger partial charge >= 0.3 is 0 Å². The molecular formula is C14H22N2. The van der Waals surface area contributed by atoms with Crippen molar-refractivity contribution in [1.82, 2.24) is 10.3 Å². The first-order valence-corrected chi connectivity index (χ1v) is 6.30. The Kier molecular flexibility index (Phi) is 3.59. The van der Waals surface area contributed by atoms with E-state index in [9.17, 15) is 0 Å². The first-order chi connectivity index (χ1) is 7.70. The summed E-state index contributed by atoms with van der Waals surface area (Å²) in [4.78, 5) is 4.40. The van der Waals surface area contributed by atoms with Crippen LogP contribution in [0.3, 0.4) is 0 Å². The molecule has 2 heteroatoms. The molecule has 2 nitrogen and oxygen atoms in total. The van der Waals surface area contributed by atoms with Crippen LogP contribution in [0.5, 0.6) is 0 Å². The lowest BCUT2D eigenvalue weighted by Gasteiger charge is -2.23. The van der Waals surface area contributed by atoms with Crippen LogP contribution in [0.4, 0.5) is 0 Å². The first kappa shape index (κ1) is 11.6. The lowest BCUT2D eigenvalue weighted by atomic mass is 9.92. The molecule has 0 radical (unpaired) electrons. The highest BCUT2D eigenvalue weighted by Gasteiger charge is 2.28. The number of hydrogen-bond donors (Lipinski definition) is 1. The van der Waals surface area contributed by atoms with Crippen LogP contribution in [-0.2, 0) is 0 Å². The van der Waals surface area contributed by atoms with Crippen molar-refractivity contribution >= 4 is 0 Å². The molecule has 1 aromatic rings. The molecule has 3 atom stereocenters. The van der Waals surface area contributed by atoms with Gasteiger partial charge in [-0.05, 0) is 50.3 Å². The van der Waals surface area contributed by atoms with Gasteiger partial charge in [-0.25, -0.2) is 0 Å².